The van der Waals surface area contributed by atoms with Gasteiger partial charge in [0.2, 0.25) is 0 Å². The molecule has 0 unspecified atom stereocenters. The molecule has 1 N–H and O–H groups in total. The van der Waals surface area contributed by atoms with Crippen molar-refractivity contribution in [1.82, 2.24) is 14.5 Å². The molecule has 0 bridgehead atoms. The molecule has 0 radical (unpaired) electrons. The Kier molecular flexibility index (Phi) is 10.4. The summed E-state index contributed by atoms with van der Waals surface area (Å²) in [4.78, 5) is 9.84. The first-order valence-electron chi connectivity index (χ1n) is 35.2. The quantitative estimate of drug-likeness (QED) is 0.110. The minimum absolute atomic E-state index is 0. The molecule has 8 aromatic rings. The molecule has 74 heavy (non-hydrogen) atoms. The third kappa shape index (κ3) is 10.6. The minimum Gasteiger partial charge on any atom is -0.507 e. The molecule has 6 aromatic carbocycles. The fourth-order valence-electron chi connectivity index (χ4n) is 9.85. The van der Waals surface area contributed by atoms with Gasteiger partial charge in [-0.3, -0.25) is 9.55 Å². The number of phenols is 1. The summed E-state index contributed by atoms with van der Waals surface area (Å²) < 4.78 is 169. The molecule has 5 heteroatoms. The third-order valence-corrected chi connectivity index (χ3v) is 15.5. The second kappa shape index (κ2) is 21.6. The van der Waals surface area contributed by atoms with Crippen LogP contribution in [-0.2, 0) is 42.7 Å². The van der Waals surface area contributed by atoms with Crippen LogP contribution in [-0.4, -0.2) is 19.6 Å². The topological polar surface area (TPSA) is 50.9 Å². The summed E-state index contributed by atoms with van der Waals surface area (Å²) in [6, 6.07) is 21.7. The van der Waals surface area contributed by atoms with Crippen molar-refractivity contribution in [3.05, 3.63) is 166 Å². The number of para-hydroxylation sites is 1. The minimum atomic E-state index is -3.95. The molecule has 0 saturated heterocycles. The first-order valence-corrected chi connectivity index (χ1v) is 25.7. The van der Waals surface area contributed by atoms with Gasteiger partial charge in [0.15, 0.2) is 0 Å². The van der Waals surface area contributed by atoms with Crippen molar-refractivity contribution in [2.45, 2.75) is 177 Å². The summed E-state index contributed by atoms with van der Waals surface area (Å²) in [5.74, 6) is 0.0411. The van der Waals surface area contributed by atoms with E-state index >= 15 is 0 Å². The van der Waals surface area contributed by atoms with Crippen LogP contribution in [0.2, 0.25) is 0 Å². The molecule has 0 aliphatic carbocycles. The van der Waals surface area contributed by atoms with Gasteiger partial charge in [-0.1, -0.05) is 194 Å². The summed E-state index contributed by atoms with van der Waals surface area (Å²) in [5.41, 5.74) is 0.233. The fourth-order valence-corrected chi connectivity index (χ4v) is 9.85. The van der Waals surface area contributed by atoms with E-state index in [2.05, 4.69) is 70.8 Å². The Hall–Kier alpha value is -5.57. The molecule has 0 atom stereocenters. The third-order valence-electron chi connectivity index (χ3n) is 15.5. The molecule has 0 amide bonds. The molecule has 0 saturated carbocycles. The number of aryl methyl sites for hydroxylation is 1. The summed E-state index contributed by atoms with van der Waals surface area (Å²) in [5, 5.41) is 12.6. The normalized spacial score (nSPS) is 16.9. The molecular formula is C69H82N3OPt-. The predicted octanol–water partition coefficient (Wildman–Crippen LogP) is 19.6. The van der Waals surface area contributed by atoms with Gasteiger partial charge in [0.25, 0.3) is 0 Å². The monoisotopic (exact) mass is 1180 g/mol. The van der Waals surface area contributed by atoms with Crippen LogP contribution in [0.4, 0.5) is 0 Å². The van der Waals surface area contributed by atoms with Crippen molar-refractivity contribution < 1.29 is 52.2 Å². The van der Waals surface area contributed by atoms with E-state index in [0.717, 1.165) is 53.5 Å². The van der Waals surface area contributed by atoms with E-state index in [0.29, 0.717) is 38.9 Å². The molecule has 2 heterocycles. The van der Waals surface area contributed by atoms with Crippen molar-refractivity contribution in [3.63, 3.8) is 0 Å². The van der Waals surface area contributed by atoms with Gasteiger partial charge >= 0.3 is 0 Å². The van der Waals surface area contributed by atoms with E-state index in [4.69, 9.17) is 22.8 Å². The van der Waals surface area contributed by atoms with Crippen LogP contribution in [0, 0.1) is 12.9 Å². The molecule has 0 aliphatic rings. The van der Waals surface area contributed by atoms with Crippen LogP contribution >= 0.6 is 0 Å². The Balaban J connectivity index is 0.0000123. The van der Waals surface area contributed by atoms with E-state index in [1.165, 1.54) is 0 Å². The van der Waals surface area contributed by atoms with Crippen LogP contribution in [0.3, 0.4) is 0 Å². The zero-order valence-corrected chi connectivity index (χ0v) is 47.4. The number of hydrogen-bond acceptors (Lipinski definition) is 3. The Bertz CT molecular complexity index is 4080. The first-order chi connectivity index (χ1) is 42.3. The summed E-state index contributed by atoms with van der Waals surface area (Å²) in [6.07, 6.45) is 2.57. The average molecular weight is 1180 g/mol. The Morgan fingerprint density at radius 1 is 0.662 bits per heavy atom. The SMILES string of the molecule is [2H]c1nc(-c2[c-]c(-c3cccc4c3nc(-c3cc(C(C)C)cc(C(C)C)c3O)n4-c3ccc(-c4c(C(C)(CC)CC)cccc4C(C)(CC)CC)cc3C([2H])([2H])[2H])cc(C(C)(C)C)c2)c([2H])c(-c2c([2H])c([2H])c(C(C([2H])([2H])[2H])(C([2H])([2H])[2H])C([2H])([2H])[2H])c([2H])c2[2H])c1[2H].[Pt]. The van der Waals surface area contributed by atoms with Gasteiger partial charge in [0.1, 0.15) is 11.6 Å². The number of nitrogens with zero attached hydrogens (tertiary/aromatic N) is 3. The summed E-state index contributed by atoms with van der Waals surface area (Å²) in [7, 11) is 0. The van der Waals surface area contributed by atoms with Crippen LogP contribution in [0.1, 0.15) is 213 Å². The van der Waals surface area contributed by atoms with Gasteiger partial charge in [-0.15, -0.1) is 29.3 Å². The molecule has 390 valence electrons. The predicted molar refractivity (Wildman–Crippen MR) is 313 cm³/mol. The first kappa shape index (κ1) is 35.6. The Labute approximate surface area is 486 Å². The van der Waals surface area contributed by atoms with Crippen molar-refractivity contribution in [2.24, 2.45) is 0 Å². The maximum absolute atomic E-state index is 12.6. The number of aromatic hydroxyl groups is 1. The van der Waals surface area contributed by atoms with Gasteiger partial charge in [0.05, 0.1) is 31.9 Å². The number of imidazole rings is 1. The number of hydrogen-bond donors (Lipinski definition) is 1. The smallest absolute Gasteiger partial charge is 0.148 e. The van der Waals surface area contributed by atoms with Crippen molar-refractivity contribution in [1.29, 1.82) is 0 Å². The van der Waals surface area contributed by atoms with Gasteiger partial charge in [-0.2, -0.15) is 0 Å². The van der Waals surface area contributed by atoms with Gasteiger partial charge < -0.3 is 5.11 Å². The summed E-state index contributed by atoms with van der Waals surface area (Å²) in [6.45, 7) is 12.5. The van der Waals surface area contributed by atoms with Crippen LogP contribution in [0.15, 0.2) is 121 Å². The molecular weight excluding hydrogens is 1080 g/mol. The van der Waals surface area contributed by atoms with Crippen LogP contribution in [0.5, 0.6) is 5.75 Å². The number of fused-ring (bicyclic) bond motifs is 1. The van der Waals surface area contributed by atoms with Crippen LogP contribution < -0.4 is 0 Å². The fraction of sp³-hybridized carbons (Fsp3) is 0.391. The second-order valence-electron chi connectivity index (χ2n) is 21.9. The summed E-state index contributed by atoms with van der Waals surface area (Å²) >= 11 is 0. The number of aromatic nitrogens is 3. The van der Waals surface area contributed by atoms with Gasteiger partial charge in [-0.05, 0) is 152 Å². The van der Waals surface area contributed by atoms with Crippen LogP contribution in [0.25, 0.3) is 72.7 Å². The van der Waals surface area contributed by atoms with E-state index in [1.807, 2.05) is 84.9 Å². The molecule has 0 aliphatic heterocycles. The Morgan fingerprint density at radius 2 is 1.30 bits per heavy atom. The van der Waals surface area contributed by atoms with Crippen molar-refractivity contribution >= 4 is 11.0 Å². The number of pyridine rings is 1. The maximum Gasteiger partial charge on any atom is 0.148 e. The second-order valence-corrected chi connectivity index (χ2v) is 21.9. The zero-order chi connectivity index (χ0) is 69.0. The number of rotatable bonds is 14. The van der Waals surface area contributed by atoms with E-state index in [9.17, 15) is 13.3 Å². The van der Waals surface area contributed by atoms with Gasteiger partial charge in [-0.25, -0.2) is 4.98 Å². The Morgan fingerprint density at radius 3 is 1.88 bits per heavy atom. The molecule has 4 nitrogen and oxygen atoms in total. The standard InChI is InChI=1S/C69H82N3O.Pt/c1-18-68(16,19-2)57-25-23-26-58(69(17,20-3)21-4)62(57)48-30-33-60(45(9)36-48)72-61-27-22-24-54(63(61)71-65(72)56-41-49(43(5)6)40-55(44(7)8)64(56)73)50-37-51(39-53(38-50)67(13,14)15)59-42-47(34-35-70-59)46-28-31-52(32-29-46)66(10,11)12;/h22-36,38-44,73H,18-21H2,1-17H3;/q-1;/i9D3,10D3,11D3,12D3,28D,29D,31D,32D,34D,35D,42D;. The van der Waals surface area contributed by atoms with Crippen molar-refractivity contribution in [2.75, 3.05) is 0 Å². The van der Waals surface area contributed by atoms with E-state index < -0.39 is 97.4 Å². The van der Waals surface area contributed by atoms with E-state index in [-0.39, 0.29) is 77.8 Å². The maximum atomic E-state index is 12.6. The largest absolute Gasteiger partial charge is 0.507 e. The van der Waals surface area contributed by atoms with Gasteiger partial charge in [0, 0.05) is 49.4 Å². The molecule has 0 fully saturated rings. The number of benzene rings is 6. The average Bonchev–Trinajstić information content (AvgIpc) is 1.07. The molecule has 8 rings (SSSR count). The number of phenolic OH excluding ortho intramolecular Hbond substituents is 1. The molecule has 2 aromatic heterocycles. The zero-order valence-electron chi connectivity index (χ0n) is 64.1. The van der Waals surface area contributed by atoms with Crippen molar-refractivity contribution in [3.8, 4) is 67.5 Å². The van der Waals surface area contributed by atoms with E-state index in [1.54, 1.807) is 28.8 Å². The molecule has 0 spiro atoms.